The molecule has 0 aliphatic carbocycles. The molecule has 0 saturated heterocycles. The first-order valence-corrected chi connectivity index (χ1v) is 3.30. The van der Waals surface area contributed by atoms with E-state index in [0.29, 0.717) is 11.1 Å². The number of hydrogen-bond acceptors (Lipinski definition) is 2. The van der Waals surface area contributed by atoms with Crippen molar-refractivity contribution in [3.05, 3.63) is 61.1 Å². The van der Waals surface area contributed by atoms with Crippen molar-refractivity contribution in [2.75, 3.05) is 0 Å². The van der Waals surface area contributed by atoms with E-state index >= 15 is 0 Å². The Morgan fingerprint density at radius 1 is 0.833 bits per heavy atom. The second kappa shape index (κ2) is 4.23. The van der Waals surface area contributed by atoms with Gasteiger partial charge in [-0.25, -0.2) is 0 Å². The van der Waals surface area contributed by atoms with Crippen molar-refractivity contribution in [1.29, 1.82) is 0 Å². The van der Waals surface area contributed by atoms with E-state index in [4.69, 9.17) is 10.2 Å². The van der Waals surface area contributed by atoms with E-state index < -0.39 is 0 Å². The molecular formula is C10H12O2. The number of hydrogen-bond donors (Lipinski definition) is 2. The molecule has 0 saturated carbocycles. The van der Waals surface area contributed by atoms with Gasteiger partial charge in [0.15, 0.2) is 0 Å². The molecule has 0 fully saturated rings. The Hall–Kier alpha value is -1.70. The first-order valence-electron chi connectivity index (χ1n) is 3.30. The number of allylic oxidation sites excluding steroid dienone is 2. The van der Waals surface area contributed by atoms with Gasteiger partial charge in [0.1, 0.15) is 11.5 Å². The standard InChI is InChI=1S/C10H12O2/c1-5-9(7(3)11)10(6-2)8(4)12/h5-6,11-12H,1-4H2/b10-9+. The summed E-state index contributed by atoms with van der Waals surface area (Å²) in [6.45, 7) is 13.5. The Labute approximate surface area is 72.2 Å². The van der Waals surface area contributed by atoms with Crippen molar-refractivity contribution in [1.82, 2.24) is 0 Å². The molecule has 0 spiro atoms. The molecule has 0 radical (unpaired) electrons. The summed E-state index contributed by atoms with van der Waals surface area (Å²) in [7, 11) is 0. The van der Waals surface area contributed by atoms with Crippen LogP contribution >= 0.6 is 0 Å². The molecule has 0 aliphatic heterocycles. The minimum atomic E-state index is -0.171. The summed E-state index contributed by atoms with van der Waals surface area (Å²) >= 11 is 0. The van der Waals surface area contributed by atoms with Crippen LogP contribution in [-0.4, -0.2) is 10.2 Å². The van der Waals surface area contributed by atoms with Crippen LogP contribution in [0.25, 0.3) is 0 Å². The monoisotopic (exact) mass is 164 g/mol. The quantitative estimate of drug-likeness (QED) is 0.495. The fraction of sp³-hybridized carbons (Fsp3) is 0. The Kier molecular flexibility index (Phi) is 3.63. The molecule has 0 atom stereocenters. The maximum atomic E-state index is 9.04. The van der Waals surface area contributed by atoms with Gasteiger partial charge in [-0.2, -0.15) is 0 Å². The molecule has 0 bridgehead atoms. The van der Waals surface area contributed by atoms with Crippen molar-refractivity contribution in [3.8, 4) is 0 Å². The zero-order valence-electron chi connectivity index (χ0n) is 6.88. The normalized spacial score (nSPS) is 11.3. The fourth-order valence-corrected chi connectivity index (χ4v) is 0.766. The third kappa shape index (κ3) is 2.16. The molecule has 12 heavy (non-hydrogen) atoms. The summed E-state index contributed by atoms with van der Waals surface area (Å²) in [4.78, 5) is 0. The van der Waals surface area contributed by atoms with Crippen molar-refractivity contribution in [2.24, 2.45) is 0 Å². The second-order valence-electron chi connectivity index (χ2n) is 2.13. The molecule has 0 heterocycles. The third-order valence-corrected chi connectivity index (χ3v) is 1.32. The van der Waals surface area contributed by atoms with Gasteiger partial charge in [-0.3, -0.25) is 0 Å². The summed E-state index contributed by atoms with van der Waals surface area (Å²) in [6.07, 6.45) is 2.75. The molecule has 2 nitrogen and oxygen atoms in total. The Morgan fingerprint density at radius 2 is 1.08 bits per heavy atom. The van der Waals surface area contributed by atoms with Gasteiger partial charge in [0.05, 0.1) is 0 Å². The number of aliphatic hydroxyl groups excluding tert-OH is 2. The van der Waals surface area contributed by atoms with Crippen LogP contribution in [0.3, 0.4) is 0 Å². The Bertz CT molecular complexity index is 242. The summed E-state index contributed by atoms with van der Waals surface area (Å²) in [6, 6.07) is 0. The lowest BCUT2D eigenvalue weighted by Gasteiger charge is -2.05. The zero-order valence-corrected chi connectivity index (χ0v) is 6.88. The van der Waals surface area contributed by atoms with E-state index in [1.54, 1.807) is 0 Å². The maximum absolute atomic E-state index is 9.04. The molecule has 0 unspecified atom stereocenters. The number of aliphatic hydroxyl groups is 2. The molecule has 0 aromatic carbocycles. The van der Waals surface area contributed by atoms with Crippen molar-refractivity contribution >= 4 is 0 Å². The van der Waals surface area contributed by atoms with Crippen LogP contribution in [0.15, 0.2) is 61.1 Å². The summed E-state index contributed by atoms with van der Waals surface area (Å²) in [5.41, 5.74) is 0.662. The minimum absolute atomic E-state index is 0.171. The van der Waals surface area contributed by atoms with Gasteiger partial charge < -0.3 is 10.2 Å². The van der Waals surface area contributed by atoms with Crippen molar-refractivity contribution < 1.29 is 10.2 Å². The lowest BCUT2D eigenvalue weighted by atomic mass is 10.1. The molecule has 0 aromatic rings. The fourth-order valence-electron chi connectivity index (χ4n) is 0.766. The van der Waals surface area contributed by atoms with E-state index in [1.165, 1.54) is 12.2 Å². The van der Waals surface area contributed by atoms with Crippen LogP contribution in [0.2, 0.25) is 0 Å². The topological polar surface area (TPSA) is 40.5 Å². The second-order valence-corrected chi connectivity index (χ2v) is 2.13. The molecule has 64 valence electrons. The van der Waals surface area contributed by atoms with Crippen LogP contribution in [0.4, 0.5) is 0 Å². The maximum Gasteiger partial charge on any atom is 0.116 e. The Morgan fingerprint density at radius 3 is 1.17 bits per heavy atom. The highest BCUT2D eigenvalue weighted by Gasteiger charge is 2.05. The van der Waals surface area contributed by atoms with Crippen LogP contribution in [0.5, 0.6) is 0 Å². The lowest BCUT2D eigenvalue weighted by Crippen LogP contribution is -1.92. The van der Waals surface area contributed by atoms with Crippen molar-refractivity contribution in [2.45, 2.75) is 0 Å². The van der Waals surface area contributed by atoms with E-state index in [9.17, 15) is 0 Å². The van der Waals surface area contributed by atoms with E-state index in [2.05, 4.69) is 26.3 Å². The molecule has 0 amide bonds. The summed E-state index contributed by atoms with van der Waals surface area (Å²) in [5.74, 6) is -0.342. The van der Waals surface area contributed by atoms with Crippen LogP contribution in [0.1, 0.15) is 0 Å². The van der Waals surface area contributed by atoms with E-state index in [0.717, 1.165) is 0 Å². The highest BCUT2D eigenvalue weighted by molar-refractivity contribution is 5.48. The van der Waals surface area contributed by atoms with Gasteiger partial charge in [0, 0.05) is 11.1 Å². The highest BCUT2D eigenvalue weighted by atomic mass is 16.3. The van der Waals surface area contributed by atoms with Crippen LogP contribution < -0.4 is 0 Å². The summed E-state index contributed by atoms with van der Waals surface area (Å²) in [5, 5.41) is 18.1. The first-order chi connectivity index (χ1) is 5.54. The molecular weight excluding hydrogens is 152 g/mol. The minimum Gasteiger partial charge on any atom is -0.508 e. The first kappa shape index (κ1) is 10.3. The molecule has 2 heteroatoms. The van der Waals surface area contributed by atoms with Gasteiger partial charge >= 0.3 is 0 Å². The van der Waals surface area contributed by atoms with Crippen LogP contribution in [-0.2, 0) is 0 Å². The van der Waals surface area contributed by atoms with Gasteiger partial charge in [-0.1, -0.05) is 38.5 Å². The molecule has 0 aliphatic rings. The largest absolute Gasteiger partial charge is 0.508 e. The average Bonchev–Trinajstić information content (AvgIpc) is 1.98. The molecule has 0 aromatic heterocycles. The highest BCUT2D eigenvalue weighted by Crippen LogP contribution is 2.17. The average molecular weight is 164 g/mol. The van der Waals surface area contributed by atoms with Gasteiger partial charge in [0.2, 0.25) is 0 Å². The van der Waals surface area contributed by atoms with Gasteiger partial charge in [-0.15, -0.1) is 0 Å². The van der Waals surface area contributed by atoms with Gasteiger partial charge in [-0.05, 0) is 0 Å². The SMILES string of the molecule is C=C/C(C(=C)O)=C(/C=C)C(=C)O. The predicted octanol–water partition coefficient (Wildman–Crippen LogP) is 2.80. The predicted molar refractivity (Wildman–Crippen MR) is 51.0 cm³/mol. The van der Waals surface area contributed by atoms with Gasteiger partial charge in [0.25, 0.3) is 0 Å². The molecule has 0 rings (SSSR count). The Balaban J connectivity index is 5.30. The smallest absolute Gasteiger partial charge is 0.116 e. The lowest BCUT2D eigenvalue weighted by molar-refractivity contribution is 0.415. The number of rotatable bonds is 4. The summed E-state index contributed by atoms with van der Waals surface area (Å²) < 4.78 is 0. The van der Waals surface area contributed by atoms with Crippen LogP contribution in [0, 0.1) is 0 Å². The molecule has 2 N–H and O–H groups in total. The van der Waals surface area contributed by atoms with E-state index in [1.807, 2.05) is 0 Å². The third-order valence-electron chi connectivity index (χ3n) is 1.32. The zero-order chi connectivity index (χ0) is 9.72. The van der Waals surface area contributed by atoms with E-state index in [-0.39, 0.29) is 11.5 Å². The van der Waals surface area contributed by atoms with Crippen molar-refractivity contribution in [3.63, 3.8) is 0 Å².